The van der Waals surface area contributed by atoms with Crippen molar-refractivity contribution < 1.29 is 4.79 Å². The summed E-state index contributed by atoms with van der Waals surface area (Å²) < 4.78 is 2.07. The Morgan fingerprint density at radius 3 is 3.00 bits per heavy atom. The maximum atomic E-state index is 12.2. The van der Waals surface area contributed by atoms with Crippen LogP contribution < -0.4 is 11.1 Å². The third kappa shape index (κ3) is 3.11. The highest BCUT2D eigenvalue weighted by Crippen LogP contribution is 2.30. The third-order valence-electron chi connectivity index (χ3n) is 2.94. The molecule has 0 bridgehead atoms. The van der Waals surface area contributed by atoms with Gasteiger partial charge in [-0.1, -0.05) is 17.8 Å². The molecule has 2 aromatic heterocycles. The molecule has 7 heteroatoms. The van der Waals surface area contributed by atoms with Crippen molar-refractivity contribution >= 4 is 56.2 Å². The van der Waals surface area contributed by atoms with E-state index >= 15 is 0 Å². The minimum absolute atomic E-state index is 0.202. The van der Waals surface area contributed by atoms with Crippen molar-refractivity contribution in [2.45, 2.75) is 10.4 Å². The first-order valence-corrected chi connectivity index (χ1v) is 9.14. The summed E-state index contributed by atoms with van der Waals surface area (Å²) in [6.45, 7) is 0. The Labute approximate surface area is 134 Å². The van der Waals surface area contributed by atoms with Crippen molar-refractivity contribution in [1.82, 2.24) is 4.98 Å². The summed E-state index contributed by atoms with van der Waals surface area (Å²) in [5.41, 5.74) is 7.65. The first-order chi connectivity index (χ1) is 10.2. The number of carbonyl (C=O) groups excluding carboxylic acids is 1. The van der Waals surface area contributed by atoms with Gasteiger partial charge in [-0.15, -0.1) is 22.7 Å². The molecule has 1 unspecified atom stereocenters. The van der Waals surface area contributed by atoms with Crippen LogP contribution in [0.2, 0.25) is 0 Å². The summed E-state index contributed by atoms with van der Waals surface area (Å²) in [7, 11) is 0. The summed E-state index contributed by atoms with van der Waals surface area (Å²) in [5.74, 6) is -0.202. The van der Waals surface area contributed by atoms with Crippen LogP contribution in [0.25, 0.3) is 10.2 Å². The third-order valence-corrected chi connectivity index (χ3v) is 5.90. The van der Waals surface area contributed by atoms with E-state index in [1.54, 1.807) is 23.1 Å². The molecule has 0 aliphatic carbocycles. The van der Waals surface area contributed by atoms with Crippen LogP contribution in [0.4, 0.5) is 5.69 Å². The molecule has 0 saturated carbocycles. The number of aromatic nitrogens is 1. The molecule has 0 spiro atoms. The Hall–Kier alpha value is -1.41. The highest BCUT2D eigenvalue weighted by Gasteiger charge is 2.17. The van der Waals surface area contributed by atoms with Crippen LogP contribution in [0.1, 0.15) is 10.9 Å². The monoisotopic (exact) mass is 335 g/mol. The summed E-state index contributed by atoms with van der Waals surface area (Å²) in [6.07, 6.45) is 2.00. The number of benzene rings is 1. The molecular weight excluding hydrogens is 322 g/mol. The van der Waals surface area contributed by atoms with E-state index in [0.29, 0.717) is 0 Å². The lowest BCUT2D eigenvalue weighted by atomic mass is 10.2. The lowest BCUT2D eigenvalue weighted by Crippen LogP contribution is -2.26. The molecule has 0 saturated heterocycles. The van der Waals surface area contributed by atoms with Crippen LogP contribution in [0, 0.1) is 0 Å². The van der Waals surface area contributed by atoms with Crippen LogP contribution in [-0.2, 0) is 4.79 Å². The fraction of sp³-hybridized carbons (Fsp3) is 0.143. The topological polar surface area (TPSA) is 68.0 Å². The number of thiazole rings is 1. The van der Waals surface area contributed by atoms with Gasteiger partial charge in [0, 0.05) is 10.6 Å². The summed E-state index contributed by atoms with van der Waals surface area (Å²) in [6, 6.07) is 8.82. The number of nitrogens with two attached hydrogens (primary N) is 1. The minimum atomic E-state index is -0.635. The average molecular weight is 335 g/mol. The number of hydrogen-bond acceptors (Lipinski definition) is 6. The SMILES string of the molecule is CSc1nc2ccc(NC(=O)C(N)c3cccs3)cc2s1. The fourth-order valence-corrected chi connectivity index (χ4v) is 4.14. The molecule has 1 aromatic carbocycles. The molecule has 1 amide bonds. The molecule has 0 aliphatic heterocycles. The Balaban J connectivity index is 1.79. The molecule has 1 atom stereocenters. The van der Waals surface area contributed by atoms with E-state index in [1.165, 1.54) is 11.3 Å². The van der Waals surface area contributed by atoms with Gasteiger partial charge in [-0.3, -0.25) is 4.79 Å². The smallest absolute Gasteiger partial charge is 0.246 e. The maximum absolute atomic E-state index is 12.2. The van der Waals surface area contributed by atoms with Gasteiger partial charge < -0.3 is 11.1 Å². The van der Waals surface area contributed by atoms with E-state index in [0.717, 1.165) is 25.1 Å². The zero-order chi connectivity index (χ0) is 14.8. The van der Waals surface area contributed by atoms with Crippen molar-refractivity contribution in [3.05, 3.63) is 40.6 Å². The number of amides is 1. The summed E-state index contributed by atoms with van der Waals surface area (Å²) in [5, 5.41) is 4.78. The molecule has 108 valence electrons. The lowest BCUT2D eigenvalue weighted by molar-refractivity contribution is -0.117. The van der Waals surface area contributed by atoms with Gasteiger partial charge in [0.25, 0.3) is 0 Å². The van der Waals surface area contributed by atoms with E-state index < -0.39 is 6.04 Å². The maximum Gasteiger partial charge on any atom is 0.246 e. The van der Waals surface area contributed by atoms with Crippen molar-refractivity contribution in [3.8, 4) is 0 Å². The zero-order valence-electron chi connectivity index (χ0n) is 11.2. The molecule has 4 nitrogen and oxygen atoms in total. The van der Waals surface area contributed by atoms with E-state index in [4.69, 9.17) is 5.73 Å². The summed E-state index contributed by atoms with van der Waals surface area (Å²) in [4.78, 5) is 17.5. The first kappa shape index (κ1) is 14.5. The van der Waals surface area contributed by atoms with Crippen molar-refractivity contribution in [1.29, 1.82) is 0 Å². The van der Waals surface area contributed by atoms with Crippen LogP contribution in [0.15, 0.2) is 40.1 Å². The second-order valence-electron chi connectivity index (χ2n) is 4.35. The Bertz CT molecular complexity index is 767. The van der Waals surface area contributed by atoms with Crippen molar-refractivity contribution in [2.75, 3.05) is 11.6 Å². The van der Waals surface area contributed by atoms with Crippen LogP contribution >= 0.6 is 34.4 Å². The number of anilines is 1. The normalized spacial score (nSPS) is 12.5. The summed E-state index contributed by atoms with van der Waals surface area (Å²) >= 11 is 4.72. The van der Waals surface area contributed by atoms with Gasteiger partial charge in [0.05, 0.1) is 10.2 Å². The number of carbonyl (C=O) groups is 1. The van der Waals surface area contributed by atoms with Gasteiger partial charge in [-0.25, -0.2) is 4.98 Å². The highest BCUT2D eigenvalue weighted by atomic mass is 32.2. The Morgan fingerprint density at radius 2 is 2.29 bits per heavy atom. The molecular formula is C14H13N3OS3. The lowest BCUT2D eigenvalue weighted by Gasteiger charge is -2.10. The van der Waals surface area contributed by atoms with Crippen molar-refractivity contribution in [3.63, 3.8) is 0 Å². The number of nitrogens with one attached hydrogen (secondary N) is 1. The number of thiophene rings is 1. The number of rotatable bonds is 4. The van der Waals surface area contributed by atoms with Crippen molar-refractivity contribution in [2.24, 2.45) is 5.73 Å². The Morgan fingerprint density at radius 1 is 1.43 bits per heavy atom. The second-order valence-corrected chi connectivity index (χ2v) is 7.41. The van der Waals surface area contributed by atoms with E-state index in [-0.39, 0.29) is 5.91 Å². The van der Waals surface area contributed by atoms with E-state index in [2.05, 4.69) is 10.3 Å². The molecule has 2 heterocycles. The second kappa shape index (κ2) is 6.15. The number of thioether (sulfide) groups is 1. The predicted molar refractivity (Wildman–Crippen MR) is 91.3 cm³/mol. The number of hydrogen-bond donors (Lipinski definition) is 2. The van der Waals surface area contributed by atoms with E-state index in [9.17, 15) is 4.79 Å². The highest BCUT2D eigenvalue weighted by molar-refractivity contribution is 8.00. The van der Waals surface area contributed by atoms with Crippen LogP contribution in [0.5, 0.6) is 0 Å². The van der Waals surface area contributed by atoms with Gasteiger partial charge in [0.2, 0.25) is 5.91 Å². The quantitative estimate of drug-likeness (QED) is 0.713. The molecule has 3 N–H and O–H groups in total. The Kier molecular flexibility index (Phi) is 4.25. The van der Waals surface area contributed by atoms with Gasteiger partial charge >= 0.3 is 0 Å². The molecule has 21 heavy (non-hydrogen) atoms. The van der Waals surface area contributed by atoms with Gasteiger partial charge in [-0.2, -0.15) is 0 Å². The molecule has 3 rings (SSSR count). The molecule has 3 aromatic rings. The predicted octanol–water partition coefficient (Wildman–Crippen LogP) is 3.72. The molecule has 0 aliphatic rings. The van der Waals surface area contributed by atoms with E-state index in [1.807, 2.05) is 42.0 Å². The van der Waals surface area contributed by atoms with Gasteiger partial charge in [-0.05, 0) is 35.9 Å². The average Bonchev–Trinajstić information content (AvgIpc) is 3.14. The fourth-order valence-electron chi connectivity index (χ4n) is 1.89. The first-order valence-electron chi connectivity index (χ1n) is 6.22. The van der Waals surface area contributed by atoms with Crippen LogP contribution in [0.3, 0.4) is 0 Å². The van der Waals surface area contributed by atoms with Gasteiger partial charge in [0.15, 0.2) is 4.34 Å². The van der Waals surface area contributed by atoms with Crippen LogP contribution in [-0.4, -0.2) is 17.1 Å². The largest absolute Gasteiger partial charge is 0.324 e. The molecule has 0 fully saturated rings. The minimum Gasteiger partial charge on any atom is -0.324 e. The number of fused-ring (bicyclic) bond motifs is 1. The zero-order valence-corrected chi connectivity index (χ0v) is 13.6. The van der Waals surface area contributed by atoms with Gasteiger partial charge in [0.1, 0.15) is 6.04 Å². The standard InChI is InChI=1S/C14H13N3OS3/c1-19-14-17-9-5-4-8(7-11(9)21-14)16-13(18)12(15)10-3-2-6-20-10/h2-7,12H,15H2,1H3,(H,16,18). The molecule has 0 radical (unpaired) electrons. The number of nitrogens with zero attached hydrogens (tertiary/aromatic N) is 1.